The summed E-state index contributed by atoms with van der Waals surface area (Å²) in [5.41, 5.74) is 7.56. The van der Waals surface area contributed by atoms with Crippen LogP contribution in [0, 0.1) is 18.3 Å². The van der Waals surface area contributed by atoms with E-state index in [0.29, 0.717) is 55.4 Å². The van der Waals surface area contributed by atoms with Crippen molar-refractivity contribution in [3.63, 3.8) is 0 Å². The molecule has 1 saturated carbocycles. The standard InChI is InChI=1S/C45H59N5O5Si/c1-31-9-6-7-10-36(31)38-11-8-17-49(38)35-25-45(26-35)15-19-47(20-16-45)34-12-13-37(44(51)52-2)39(24-34)50-27-33-28-54-29-41(33)55-43-40(50)23-32-14-18-48(42(32)46-43)30-53-21-22-56(3,4)5/h6-7,9-10,12-14,18,23-24,33,35,38,41H,8,11,15-17,19-22,25-30H2,1-5H3/t33-,38-,41-/m0/s1. The van der Waals surface area contributed by atoms with Crippen LogP contribution in [0.2, 0.25) is 25.7 Å². The number of benzene rings is 2. The second kappa shape index (κ2) is 15.1. The van der Waals surface area contributed by atoms with E-state index >= 15 is 0 Å². The van der Waals surface area contributed by atoms with Crippen molar-refractivity contribution in [2.45, 2.75) is 96.1 Å². The number of methoxy groups -OCH3 is 1. The number of likely N-dealkylation sites (tertiary alicyclic amines) is 1. The molecule has 6 heterocycles. The molecule has 4 aromatic rings. The van der Waals surface area contributed by atoms with Gasteiger partial charge in [-0.1, -0.05) is 43.9 Å². The monoisotopic (exact) mass is 777 g/mol. The maximum absolute atomic E-state index is 13.4. The zero-order valence-corrected chi connectivity index (χ0v) is 35.0. The Hall–Kier alpha value is -3.90. The van der Waals surface area contributed by atoms with E-state index in [4.69, 9.17) is 23.9 Å². The number of ether oxygens (including phenoxy) is 4. The average Bonchev–Trinajstić information content (AvgIpc) is 3.92. The van der Waals surface area contributed by atoms with Crippen molar-refractivity contribution >= 4 is 42.1 Å². The Kier molecular flexibility index (Phi) is 10.2. The molecule has 298 valence electrons. The first-order chi connectivity index (χ1) is 27.1. The first kappa shape index (κ1) is 37.7. The van der Waals surface area contributed by atoms with Crippen molar-refractivity contribution in [1.29, 1.82) is 0 Å². The molecular formula is C45H59N5O5Si. The predicted molar refractivity (Wildman–Crippen MR) is 224 cm³/mol. The molecule has 2 aromatic carbocycles. The van der Waals surface area contributed by atoms with Crippen molar-refractivity contribution in [3.8, 4) is 5.88 Å². The maximum Gasteiger partial charge on any atom is 0.339 e. The van der Waals surface area contributed by atoms with Crippen LogP contribution in [0.4, 0.5) is 17.1 Å². The molecule has 0 unspecified atom stereocenters. The predicted octanol–water partition coefficient (Wildman–Crippen LogP) is 8.58. The van der Waals surface area contributed by atoms with Crippen LogP contribution in [0.1, 0.15) is 66.1 Å². The van der Waals surface area contributed by atoms with E-state index < -0.39 is 8.07 Å². The number of hydrogen-bond donors (Lipinski definition) is 0. The number of fused-ring (bicyclic) bond motifs is 3. The number of nitrogens with zero attached hydrogens (tertiary/aromatic N) is 5. The van der Waals surface area contributed by atoms with Crippen molar-refractivity contribution in [2.24, 2.45) is 11.3 Å². The molecule has 10 nitrogen and oxygen atoms in total. The molecule has 1 aliphatic carbocycles. The van der Waals surface area contributed by atoms with Gasteiger partial charge < -0.3 is 33.3 Å². The third-order valence-corrected chi connectivity index (χ3v) is 15.2. The van der Waals surface area contributed by atoms with Gasteiger partial charge in [-0.25, -0.2) is 4.79 Å². The Morgan fingerprint density at radius 1 is 1.00 bits per heavy atom. The van der Waals surface area contributed by atoms with Crippen LogP contribution in [-0.2, 0) is 20.9 Å². The summed E-state index contributed by atoms with van der Waals surface area (Å²) in [6.45, 7) is 15.6. The van der Waals surface area contributed by atoms with Crippen LogP contribution in [-0.4, -0.2) is 93.7 Å². The number of pyridine rings is 1. The first-order valence-electron chi connectivity index (χ1n) is 21.0. The molecule has 3 saturated heterocycles. The molecular weight excluding hydrogens is 719 g/mol. The Bertz CT molecular complexity index is 2060. The van der Waals surface area contributed by atoms with E-state index in [1.165, 1.54) is 63.3 Å². The SMILES string of the molecule is COC(=O)c1ccc(N2CCC3(CC2)CC(N2CCC[C@H]2c2ccccc2C)C3)cc1N1C[C@H]2COC[C@@H]2Oc2nc3c(ccn3COCC[Si](C)(C)C)cc21. The van der Waals surface area contributed by atoms with Crippen LogP contribution in [0.25, 0.3) is 11.0 Å². The van der Waals surface area contributed by atoms with Crippen LogP contribution in [0.3, 0.4) is 0 Å². The number of rotatable bonds is 10. The van der Waals surface area contributed by atoms with Crippen molar-refractivity contribution in [3.05, 3.63) is 77.5 Å². The van der Waals surface area contributed by atoms with Gasteiger partial charge in [-0.2, -0.15) is 4.98 Å². The second-order valence-electron chi connectivity index (χ2n) is 18.4. The first-order valence-corrected chi connectivity index (χ1v) is 24.7. The third-order valence-electron chi connectivity index (χ3n) is 13.5. The molecule has 56 heavy (non-hydrogen) atoms. The molecule has 0 bridgehead atoms. The lowest BCUT2D eigenvalue weighted by molar-refractivity contribution is -0.0227. The lowest BCUT2D eigenvalue weighted by Gasteiger charge is -2.56. The van der Waals surface area contributed by atoms with Crippen LogP contribution in [0.5, 0.6) is 5.88 Å². The number of aromatic nitrogens is 2. The molecule has 0 N–H and O–H groups in total. The molecule has 1 spiro atoms. The number of carbonyl (C=O) groups excluding carboxylic acids is 1. The number of hydrogen-bond acceptors (Lipinski definition) is 9. The molecule has 4 aliphatic heterocycles. The number of carbonyl (C=O) groups is 1. The largest absolute Gasteiger partial charge is 0.470 e. The Balaban J connectivity index is 0.956. The van der Waals surface area contributed by atoms with E-state index in [-0.39, 0.29) is 18.0 Å². The maximum atomic E-state index is 13.4. The highest BCUT2D eigenvalue weighted by Crippen LogP contribution is 2.54. The van der Waals surface area contributed by atoms with Crippen LogP contribution < -0.4 is 14.5 Å². The normalized spacial score (nSPS) is 23.8. The zero-order valence-electron chi connectivity index (χ0n) is 34.0. The van der Waals surface area contributed by atoms with E-state index in [1.807, 2.05) is 12.3 Å². The van der Waals surface area contributed by atoms with Crippen molar-refractivity contribution in [1.82, 2.24) is 14.5 Å². The summed E-state index contributed by atoms with van der Waals surface area (Å²) in [6, 6.07) is 21.9. The van der Waals surface area contributed by atoms with Gasteiger partial charge in [0.2, 0.25) is 5.88 Å². The number of anilines is 3. The van der Waals surface area contributed by atoms with E-state index in [0.717, 1.165) is 53.8 Å². The number of aryl methyl sites for hydroxylation is 1. The van der Waals surface area contributed by atoms with Crippen LogP contribution in [0.15, 0.2) is 60.8 Å². The number of esters is 1. The van der Waals surface area contributed by atoms with E-state index in [1.54, 1.807) is 0 Å². The minimum Gasteiger partial charge on any atom is -0.470 e. The molecule has 3 atom stereocenters. The molecule has 0 amide bonds. The van der Waals surface area contributed by atoms with Gasteiger partial charge in [0, 0.05) is 69.6 Å². The Morgan fingerprint density at radius 3 is 2.61 bits per heavy atom. The molecule has 4 fully saturated rings. The molecule has 11 heteroatoms. The second-order valence-corrected chi connectivity index (χ2v) is 24.0. The average molecular weight is 778 g/mol. The van der Waals surface area contributed by atoms with Gasteiger partial charge >= 0.3 is 5.97 Å². The summed E-state index contributed by atoms with van der Waals surface area (Å²) < 4.78 is 26.2. The van der Waals surface area contributed by atoms with Gasteiger partial charge in [0.25, 0.3) is 0 Å². The number of piperidine rings is 1. The summed E-state index contributed by atoms with van der Waals surface area (Å²) >= 11 is 0. The van der Waals surface area contributed by atoms with Gasteiger partial charge in [-0.05, 0) is 105 Å². The fourth-order valence-corrected chi connectivity index (χ4v) is 10.9. The Morgan fingerprint density at radius 2 is 1.82 bits per heavy atom. The van der Waals surface area contributed by atoms with Gasteiger partial charge in [-0.15, -0.1) is 0 Å². The fourth-order valence-electron chi connectivity index (χ4n) is 10.2. The Labute approximate surface area is 333 Å². The highest BCUT2D eigenvalue weighted by molar-refractivity contribution is 6.76. The molecule has 5 aliphatic rings. The quantitative estimate of drug-likeness (QED) is 0.0894. The minimum absolute atomic E-state index is 0.118. The minimum atomic E-state index is -1.19. The lowest BCUT2D eigenvalue weighted by atomic mass is 9.59. The third kappa shape index (κ3) is 7.25. The molecule has 0 radical (unpaired) electrons. The summed E-state index contributed by atoms with van der Waals surface area (Å²) in [6.07, 6.45) is 9.49. The van der Waals surface area contributed by atoms with Crippen molar-refractivity contribution < 1.29 is 23.7 Å². The fraction of sp³-hybridized carbons (Fsp3) is 0.556. The zero-order chi connectivity index (χ0) is 38.6. The summed E-state index contributed by atoms with van der Waals surface area (Å²) in [4.78, 5) is 26.2. The molecule has 9 rings (SSSR count). The van der Waals surface area contributed by atoms with Gasteiger partial charge in [0.15, 0.2) is 0 Å². The topological polar surface area (TPSA) is 81.5 Å². The van der Waals surface area contributed by atoms with Crippen LogP contribution >= 0.6 is 0 Å². The van der Waals surface area contributed by atoms with E-state index in [2.05, 4.69) is 94.4 Å². The highest BCUT2D eigenvalue weighted by Gasteiger charge is 2.50. The van der Waals surface area contributed by atoms with Gasteiger partial charge in [0.05, 0.1) is 31.6 Å². The highest BCUT2D eigenvalue weighted by atomic mass is 28.3. The lowest BCUT2D eigenvalue weighted by Crippen LogP contribution is -2.54. The van der Waals surface area contributed by atoms with Gasteiger partial charge in [0.1, 0.15) is 24.2 Å². The smallest absolute Gasteiger partial charge is 0.339 e. The van der Waals surface area contributed by atoms with Crippen molar-refractivity contribution in [2.75, 3.05) is 62.9 Å². The summed E-state index contributed by atoms with van der Waals surface area (Å²) in [5, 5.41) is 1.00. The molecule has 2 aromatic heterocycles. The summed E-state index contributed by atoms with van der Waals surface area (Å²) in [7, 11) is 0.266. The van der Waals surface area contributed by atoms with E-state index in [9.17, 15) is 4.79 Å². The summed E-state index contributed by atoms with van der Waals surface area (Å²) in [5.74, 6) is 0.324. The van der Waals surface area contributed by atoms with Gasteiger partial charge in [-0.3, -0.25) is 4.90 Å².